The zero-order valence-corrected chi connectivity index (χ0v) is 12.7. The number of carbonyl (C=O) groups excluding carboxylic acids is 1. The van der Waals surface area contributed by atoms with Crippen LogP contribution in [0.5, 0.6) is 0 Å². The largest absolute Gasteiger partial charge is 0.467 e. The van der Waals surface area contributed by atoms with E-state index in [9.17, 15) is 4.79 Å². The van der Waals surface area contributed by atoms with E-state index in [4.69, 9.17) is 4.74 Å². The molecule has 1 unspecified atom stereocenters. The van der Waals surface area contributed by atoms with Crippen LogP contribution in [-0.4, -0.2) is 35.6 Å². The van der Waals surface area contributed by atoms with Gasteiger partial charge < -0.3 is 9.64 Å². The fourth-order valence-corrected chi connectivity index (χ4v) is 2.57. The lowest BCUT2D eigenvalue weighted by atomic mass is 10.0. The third-order valence-electron chi connectivity index (χ3n) is 3.64. The predicted octanol–water partition coefficient (Wildman–Crippen LogP) is 2.44. The SMILES string of the molecule is COC(=O)C1CCCCN1c1cc(C)nc(C(C)C)n1. The number of ether oxygens (including phenoxy) is 1. The van der Waals surface area contributed by atoms with E-state index in [2.05, 4.69) is 28.7 Å². The van der Waals surface area contributed by atoms with Crippen LogP contribution in [0.4, 0.5) is 5.82 Å². The fraction of sp³-hybridized carbons (Fsp3) is 0.667. The summed E-state index contributed by atoms with van der Waals surface area (Å²) in [4.78, 5) is 23.1. The summed E-state index contributed by atoms with van der Waals surface area (Å²) in [7, 11) is 1.44. The number of hydrogen-bond donors (Lipinski definition) is 0. The number of anilines is 1. The Morgan fingerprint density at radius 2 is 2.15 bits per heavy atom. The molecule has 0 N–H and O–H groups in total. The van der Waals surface area contributed by atoms with Crippen molar-refractivity contribution < 1.29 is 9.53 Å². The summed E-state index contributed by atoms with van der Waals surface area (Å²) in [5.74, 6) is 1.77. The number of methoxy groups -OCH3 is 1. The van der Waals surface area contributed by atoms with Gasteiger partial charge in [0.2, 0.25) is 0 Å². The highest BCUT2D eigenvalue weighted by atomic mass is 16.5. The first-order valence-corrected chi connectivity index (χ1v) is 7.23. The molecular weight excluding hydrogens is 254 g/mol. The monoisotopic (exact) mass is 277 g/mol. The van der Waals surface area contributed by atoms with Crippen molar-refractivity contribution in [2.75, 3.05) is 18.6 Å². The van der Waals surface area contributed by atoms with Crippen molar-refractivity contribution in [3.63, 3.8) is 0 Å². The molecule has 2 rings (SSSR count). The number of aromatic nitrogens is 2. The van der Waals surface area contributed by atoms with E-state index in [1.54, 1.807) is 0 Å². The molecule has 0 aromatic carbocycles. The second-order valence-corrected chi connectivity index (χ2v) is 5.61. The Kier molecular flexibility index (Phi) is 4.57. The summed E-state index contributed by atoms with van der Waals surface area (Å²) in [6.07, 6.45) is 2.96. The highest BCUT2D eigenvalue weighted by Gasteiger charge is 2.30. The van der Waals surface area contributed by atoms with Crippen molar-refractivity contribution in [2.45, 2.75) is 52.0 Å². The van der Waals surface area contributed by atoms with Crippen molar-refractivity contribution in [1.82, 2.24) is 9.97 Å². The average molecular weight is 277 g/mol. The first kappa shape index (κ1) is 14.8. The first-order chi connectivity index (χ1) is 9.52. The second kappa shape index (κ2) is 6.20. The van der Waals surface area contributed by atoms with Crippen LogP contribution in [-0.2, 0) is 9.53 Å². The molecule has 1 fully saturated rings. The van der Waals surface area contributed by atoms with E-state index in [0.717, 1.165) is 43.1 Å². The van der Waals surface area contributed by atoms with Gasteiger partial charge in [-0.2, -0.15) is 0 Å². The molecule has 1 atom stereocenters. The molecule has 5 nitrogen and oxygen atoms in total. The van der Waals surface area contributed by atoms with Gasteiger partial charge in [-0.3, -0.25) is 0 Å². The van der Waals surface area contributed by atoms with Crippen LogP contribution < -0.4 is 4.90 Å². The van der Waals surface area contributed by atoms with Crippen LogP contribution in [0.3, 0.4) is 0 Å². The zero-order chi connectivity index (χ0) is 14.7. The Balaban J connectivity index is 2.34. The lowest BCUT2D eigenvalue weighted by molar-refractivity contribution is -0.142. The molecule has 0 aliphatic carbocycles. The Bertz CT molecular complexity index is 488. The Labute approximate surface area is 120 Å². The summed E-state index contributed by atoms with van der Waals surface area (Å²) in [6.45, 7) is 6.96. The van der Waals surface area contributed by atoms with E-state index in [0.29, 0.717) is 0 Å². The maximum atomic E-state index is 11.9. The highest BCUT2D eigenvalue weighted by molar-refractivity contribution is 5.79. The van der Waals surface area contributed by atoms with Gasteiger partial charge in [0.15, 0.2) is 0 Å². The van der Waals surface area contributed by atoms with Gasteiger partial charge in [-0.15, -0.1) is 0 Å². The number of carbonyl (C=O) groups is 1. The number of nitrogens with zero attached hydrogens (tertiary/aromatic N) is 3. The van der Waals surface area contributed by atoms with Crippen molar-refractivity contribution in [3.8, 4) is 0 Å². The van der Waals surface area contributed by atoms with E-state index >= 15 is 0 Å². The predicted molar refractivity (Wildman–Crippen MR) is 77.9 cm³/mol. The maximum Gasteiger partial charge on any atom is 0.328 e. The van der Waals surface area contributed by atoms with Gasteiger partial charge in [0, 0.05) is 24.2 Å². The van der Waals surface area contributed by atoms with E-state index in [-0.39, 0.29) is 17.9 Å². The number of hydrogen-bond acceptors (Lipinski definition) is 5. The van der Waals surface area contributed by atoms with Crippen LogP contribution in [0.1, 0.15) is 50.5 Å². The number of rotatable bonds is 3. The topological polar surface area (TPSA) is 55.3 Å². The zero-order valence-electron chi connectivity index (χ0n) is 12.7. The molecular formula is C15H23N3O2. The normalized spacial score (nSPS) is 19.2. The smallest absolute Gasteiger partial charge is 0.328 e. The molecule has 1 aromatic heterocycles. The Hall–Kier alpha value is -1.65. The van der Waals surface area contributed by atoms with Gasteiger partial charge in [0.1, 0.15) is 17.7 Å². The minimum absolute atomic E-state index is 0.174. The van der Waals surface area contributed by atoms with Crippen molar-refractivity contribution >= 4 is 11.8 Å². The summed E-state index contributed by atoms with van der Waals surface area (Å²) in [5.41, 5.74) is 0.938. The minimum Gasteiger partial charge on any atom is -0.467 e. The number of piperidine rings is 1. The molecule has 5 heteroatoms. The highest BCUT2D eigenvalue weighted by Crippen LogP contribution is 2.25. The van der Waals surface area contributed by atoms with E-state index in [1.165, 1.54) is 7.11 Å². The molecule has 110 valence electrons. The molecule has 0 radical (unpaired) electrons. The van der Waals surface area contributed by atoms with Crippen LogP contribution in [0, 0.1) is 6.92 Å². The summed E-state index contributed by atoms with van der Waals surface area (Å²) < 4.78 is 4.93. The van der Waals surface area contributed by atoms with E-state index < -0.39 is 0 Å². The summed E-state index contributed by atoms with van der Waals surface area (Å²) >= 11 is 0. The van der Waals surface area contributed by atoms with Crippen molar-refractivity contribution in [3.05, 3.63) is 17.6 Å². The second-order valence-electron chi connectivity index (χ2n) is 5.61. The lowest BCUT2D eigenvalue weighted by Crippen LogP contribution is -2.46. The van der Waals surface area contributed by atoms with E-state index in [1.807, 2.05) is 13.0 Å². The van der Waals surface area contributed by atoms with Crippen LogP contribution in [0.25, 0.3) is 0 Å². The molecule has 1 aliphatic rings. The van der Waals surface area contributed by atoms with Crippen molar-refractivity contribution in [2.24, 2.45) is 0 Å². The van der Waals surface area contributed by atoms with Gasteiger partial charge in [-0.25, -0.2) is 14.8 Å². The molecule has 1 saturated heterocycles. The molecule has 2 heterocycles. The molecule has 0 bridgehead atoms. The van der Waals surface area contributed by atoms with Crippen LogP contribution in [0.15, 0.2) is 6.07 Å². The lowest BCUT2D eigenvalue weighted by Gasteiger charge is -2.35. The van der Waals surface area contributed by atoms with Gasteiger partial charge in [0.05, 0.1) is 7.11 Å². The summed E-state index contributed by atoms with van der Waals surface area (Å²) in [6, 6.07) is 1.73. The number of aryl methyl sites for hydroxylation is 1. The average Bonchev–Trinajstić information content (AvgIpc) is 2.45. The Morgan fingerprint density at radius 3 is 2.80 bits per heavy atom. The first-order valence-electron chi connectivity index (χ1n) is 7.23. The third kappa shape index (κ3) is 3.08. The number of esters is 1. The molecule has 1 aromatic rings. The quantitative estimate of drug-likeness (QED) is 0.794. The standard InChI is InChI=1S/C15H23N3O2/c1-10(2)14-16-11(3)9-13(17-14)18-8-6-5-7-12(18)15(19)20-4/h9-10,12H,5-8H2,1-4H3. The van der Waals surface area contributed by atoms with Gasteiger partial charge in [-0.05, 0) is 26.2 Å². The Morgan fingerprint density at radius 1 is 1.40 bits per heavy atom. The third-order valence-corrected chi connectivity index (χ3v) is 3.64. The van der Waals surface area contributed by atoms with Gasteiger partial charge in [-0.1, -0.05) is 13.8 Å². The fourth-order valence-electron chi connectivity index (χ4n) is 2.57. The molecule has 20 heavy (non-hydrogen) atoms. The van der Waals surface area contributed by atoms with Crippen LogP contribution in [0.2, 0.25) is 0 Å². The summed E-state index contributed by atoms with van der Waals surface area (Å²) in [5, 5.41) is 0. The molecule has 0 spiro atoms. The molecule has 1 aliphatic heterocycles. The van der Waals surface area contributed by atoms with Gasteiger partial charge in [0.25, 0.3) is 0 Å². The molecule has 0 amide bonds. The maximum absolute atomic E-state index is 11.9. The molecule has 0 saturated carbocycles. The van der Waals surface area contributed by atoms with Crippen LogP contribution >= 0.6 is 0 Å². The minimum atomic E-state index is -0.219. The van der Waals surface area contributed by atoms with Crippen molar-refractivity contribution in [1.29, 1.82) is 0 Å². The van der Waals surface area contributed by atoms with Gasteiger partial charge >= 0.3 is 5.97 Å².